The van der Waals surface area contributed by atoms with E-state index in [0.717, 1.165) is 11.8 Å². The third kappa shape index (κ3) is 5.87. The molecule has 0 aliphatic heterocycles. The Morgan fingerprint density at radius 2 is 1.69 bits per heavy atom. The van der Waals surface area contributed by atoms with Crippen molar-refractivity contribution in [2.24, 2.45) is 5.73 Å². The highest BCUT2D eigenvalue weighted by molar-refractivity contribution is 8.04. The van der Waals surface area contributed by atoms with Crippen LogP contribution in [0.4, 0.5) is 0 Å². The van der Waals surface area contributed by atoms with Gasteiger partial charge < -0.3 is 10.8 Å². The third-order valence-corrected chi connectivity index (χ3v) is 4.37. The molecule has 0 saturated heterocycles. The summed E-state index contributed by atoms with van der Waals surface area (Å²) in [5.41, 5.74) is 5.26. The topological polar surface area (TPSA) is 63.3 Å². The number of carbonyl (C=O) groups is 1. The van der Waals surface area contributed by atoms with E-state index < -0.39 is 12.0 Å². The van der Waals surface area contributed by atoms with E-state index in [4.69, 9.17) is 68.8 Å². The predicted molar refractivity (Wildman–Crippen MR) is 71.4 cm³/mol. The highest BCUT2D eigenvalue weighted by atomic mass is 35.5. The molecule has 0 rings (SSSR count). The van der Waals surface area contributed by atoms with Gasteiger partial charge in [-0.15, -0.1) is 11.8 Å². The van der Waals surface area contributed by atoms with Crippen LogP contribution in [0, 0.1) is 0 Å². The number of nitrogens with two attached hydrogens (primary N) is 1. The summed E-state index contributed by atoms with van der Waals surface area (Å²) >= 11 is 28.8. The summed E-state index contributed by atoms with van der Waals surface area (Å²) in [5.74, 6) is -1.08. The molecule has 1 atom stereocenters. The summed E-state index contributed by atoms with van der Waals surface area (Å²) in [6.07, 6.45) is 0. The summed E-state index contributed by atoms with van der Waals surface area (Å²) in [6, 6.07) is -1.04. The second-order valence-corrected chi connectivity index (χ2v) is 5.76. The molecule has 0 spiro atoms. The van der Waals surface area contributed by atoms with Crippen LogP contribution in [0.25, 0.3) is 0 Å². The zero-order chi connectivity index (χ0) is 12.9. The van der Waals surface area contributed by atoms with Crippen LogP contribution in [0.1, 0.15) is 0 Å². The van der Waals surface area contributed by atoms with E-state index in [0.29, 0.717) is 0 Å². The molecule has 0 aliphatic carbocycles. The molecular formula is C7H6Cl5NO2S. The van der Waals surface area contributed by atoms with Gasteiger partial charge in [-0.25, -0.2) is 0 Å². The van der Waals surface area contributed by atoms with E-state index >= 15 is 0 Å². The van der Waals surface area contributed by atoms with Gasteiger partial charge in [-0.3, -0.25) is 4.79 Å². The number of hydrogen-bond acceptors (Lipinski definition) is 3. The van der Waals surface area contributed by atoms with Crippen molar-refractivity contribution in [2.45, 2.75) is 6.04 Å². The largest absolute Gasteiger partial charge is 0.480 e. The quantitative estimate of drug-likeness (QED) is 0.747. The van der Waals surface area contributed by atoms with Crippen LogP contribution in [0.3, 0.4) is 0 Å². The maximum atomic E-state index is 10.4. The standard InChI is InChI=1S/C7H6Cl5NO2S/c8-3(5(10)11)4(9)6(12)16-1-2(13)7(14)15/h2H,1,13H2,(H,14,15)/b6-4-/t2-/m0/s1. The Kier molecular flexibility index (Phi) is 8.28. The van der Waals surface area contributed by atoms with Crippen LogP contribution in [0.2, 0.25) is 0 Å². The molecule has 0 unspecified atom stereocenters. The average Bonchev–Trinajstić information content (AvgIpc) is 2.22. The number of thioether (sulfide) groups is 1. The zero-order valence-electron chi connectivity index (χ0n) is 7.52. The Balaban J connectivity index is 4.57. The Morgan fingerprint density at radius 3 is 2.06 bits per heavy atom. The molecule has 0 aromatic carbocycles. The van der Waals surface area contributed by atoms with Gasteiger partial charge in [0.1, 0.15) is 10.5 Å². The molecular weight excluding hydrogens is 339 g/mol. The SMILES string of the molecule is N[C@@H](CS/C(Cl)=C(\Cl)C(Cl)=C(Cl)Cl)C(=O)O. The first-order valence-electron chi connectivity index (χ1n) is 3.65. The number of carboxylic acid groups (broad SMARTS) is 1. The Hall–Kier alpha value is 0.710. The lowest BCUT2D eigenvalue weighted by atomic mass is 10.4. The van der Waals surface area contributed by atoms with Crippen molar-refractivity contribution in [1.29, 1.82) is 0 Å². The summed E-state index contributed by atoms with van der Waals surface area (Å²) < 4.78 is -0.157. The molecule has 16 heavy (non-hydrogen) atoms. The highest BCUT2D eigenvalue weighted by Gasteiger charge is 2.15. The number of hydrogen-bond donors (Lipinski definition) is 2. The minimum absolute atomic E-state index is 0.0501. The Morgan fingerprint density at radius 1 is 1.19 bits per heavy atom. The third-order valence-electron chi connectivity index (χ3n) is 1.24. The fraction of sp³-hybridized carbons (Fsp3) is 0.286. The van der Waals surface area contributed by atoms with Crippen molar-refractivity contribution >= 4 is 75.7 Å². The first-order chi connectivity index (χ1) is 7.27. The first-order valence-corrected chi connectivity index (χ1v) is 6.52. The fourth-order valence-electron chi connectivity index (χ4n) is 0.467. The minimum atomic E-state index is -1.13. The van der Waals surface area contributed by atoms with E-state index in [9.17, 15) is 4.79 Å². The second kappa shape index (κ2) is 7.93. The number of aliphatic carboxylic acids is 1. The predicted octanol–water partition coefficient (Wildman–Crippen LogP) is 3.66. The van der Waals surface area contributed by atoms with Crippen LogP contribution in [-0.4, -0.2) is 22.9 Å². The molecule has 0 aromatic rings. The number of halogens is 5. The lowest BCUT2D eigenvalue weighted by Gasteiger charge is -2.06. The molecule has 0 bridgehead atoms. The Labute approximate surface area is 121 Å². The summed E-state index contributed by atoms with van der Waals surface area (Å²) in [5, 5.41) is 8.37. The molecule has 3 nitrogen and oxygen atoms in total. The molecule has 0 radical (unpaired) electrons. The molecule has 92 valence electrons. The van der Waals surface area contributed by atoms with Crippen LogP contribution in [-0.2, 0) is 4.79 Å². The van der Waals surface area contributed by atoms with Crippen molar-refractivity contribution in [3.05, 3.63) is 18.9 Å². The molecule has 0 amide bonds. The van der Waals surface area contributed by atoms with Gasteiger partial charge in [-0.05, 0) is 0 Å². The van der Waals surface area contributed by atoms with Gasteiger partial charge in [-0.2, -0.15) is 0 Å². The van der Waals surface area contributed by atoms with Gasteiger partial charge in [0.15, 0.2) is 0 Å². The lowest BCUT2D eigenvalue weighted by molar-refractivity contribution is -0.137. The summed E-state index contributed by atoms with van der Waals surface area (Å²) in [4.78, 5) is 10.4. The molecule has 0 fully saturated rings. The molecule has 9 heteroatoms. The number of carboxylic acids is 1. The lowest BCUT2D eigenvalue weighted by Crippen LogP contribution is -2.32. The monoisotopic (exact) mass is 343 g/mol. The van der Waals surface area contributed by atoms with Gasteiger partial charge in [0, 0.05) is 5.75 Å². The van der Waals surface area contributed by atoms with Crippen molar-refractivity contribution in [2.75, 3.05) is 5.75 Å². The molecule has 0 heterocycles. The normalized spacial score (nSPS) is 14.1. The van der Waals surface area contributed by atoms with E-state index in [2.05, 4.69) is 0 Å². The maximum Gasteiger partial charge on any atom is 0.321 e. The van der Waals surface area contributed by atoms with Gasteiger partial charge in [-0.1, -0.05) is 58.0 Å². The first kappa shape index (κ1) is 16.7. The summed E-state index contributed by atoms with van der Waals surface area (Å²) in [6.45, 7) is 0. The zero-order valence-corrected chi connectivity index (χ0v) is 12.1. The minimum Gasteiger partial charge on any atom is -0.480 e. The van der Waals surface area contributed by atoms with Gasteiger partial charge >= 0.3 is 5.97 Å². The van der Waals surface area contributed by atoms with Gasteiger partial charge in [0.25, 0.3) is 0 Å². The van der Waals surface area contributed by atoms with Gasteiger partial charge in [0.2, 0.25) is 0 Å². The van der Waals surface area contributed by atoms with Crippen LogP contribution >= 0.6 is 69.8 Å². The average molecular weight is 345 g/mol. The van der Waals surface area contributed by atoms with E-state index in [-0.39, 0.29) is 24.7 Å². The van der Waals surface area contributed by atoms with Crippen LogP contribution < -0.4 is 5.73 Å². The molecule has 0 aliphatic rings. The summed E-state index contributed by atoms with van der Waals surface area (Å²) in [7, 11) is 0. The van der Waals surface area contributed by atoms with Crippen molar-refractivity contribution in [3.63, 3.8) is 0 Å². The second-order valence-electron chi connectivity index (χ2n) is 2.42. The van der Waals surface area contributed by atoms with Crippen molar-refractivity contribution in [3.8, 4) is 0 Å². The molecule has 3 N–H and O–H groups in total. The Bertz CT molecular complexity index is 340. The van der Waals surface area contributed by atoms with Crippen LogP contribution in [0.15, 0.2) is 18.9 Å². The fourth-order valence-corrected chi connectivity index (χ4v) is 2.19. The van der Waals surface area contributed by atoms with E-state index in [1.165, 1.54) is 0 Å². The van der Waals surface area contributed by atoms with E-state index in [1.807, 2.05) is 0 Å². The van der Waals surface area contributed by atoms with Gasteiger partial charge in [0.05, 0.1) is 14.4 Å². The number of allylic oxidation sites excluding steroid dienone is 2. The van der Waals surface area contributed by atoms with Crippen molar-refractivity contribution < 1.29 is 9.90 Å². The highest BCUT2D eigenvalue weighted by Crippen LogP contribution is 2.36. The number of rotatable bonds is 5. The molecule has 0 saturated carbocycles. The van der Waals surface area contributed by atoms with Crippen LogP contribution in [0.5, 0.6) is 0 Å². The van der Waals surface area contributed by atoms with Crippen molar-refractivity contribution in [1.82, 2.24) is 0 Å². The maximum absolute atomic E-state index is 10.4. The molecule has 0 aromatic heterocycles. The van der Waals surface area contributed by atoms with E-state index in [1.54, 1.807) is 0 Å². The smallest absolute Gasteiger partial charge is 0.321 e.